The minimum absolute atomic E-state index is 0.137. The molecular formula is C14H24ClN3OS. The van der Waals surface area contributed by atoms with Crippen LogP contribution in [0.3, 0.4) is 0 Å². The van der Waals surface area contributed by atoms with Gasteiger partial charge >= 0.3 is 0 Å². The Morgan fingerprint density at radius 2 is 2.20 bits per heavy atom. The van der Waals surface area contributed by atoms with Gasteiger partial charge in [-0.25, -0.2) is 0 Å². The molecule has 0 radical (unpaired) electrons. The van der Waals surface area contributed by atoms with Crippen LogP contribution < -0.4 is 4.74 Å². The van der Waals surface area contributed by atoms with Crippen molar-refractivity contribution >= 4 is 23.3 Å². The van der Waals surface area contributed by atoms with Crippen LogP contribution in [0.2, 0.25) is 0 Å². The van der Waals surface area contributed by atoms with E-state index in [2.05, 4.69) is 27.6 Å². The number of likely N-dealkylation sites (tertiary alicyclic amines) is 1. The van der Waals surface area contributed by atoms with Crippen molar-refractivity contribution in [2.45, 2.75) is 50.3 Å². The fourth-order valence-electron chi connectivity index (χ4n) is 2.56. The van der Waals surface area contributed by atoms with Gasteiger partial charge in [-0.15, -0.1) is 16.0 Å². The van der Waals surface area contributed by atoms with E-state index in [1.807, 2.05) is 0 Å². The molecule has 20 heavy (non-hydrogen) atoms. The number of aromatic nitrogens is 2. The van der Waals surface area contributed by atoms with Crippen LogP contribution in [0.15, 0.2) is 0 Å². The zero-order valence-corrected chi connectivity index (χ0v) is 13.9. The number of nitrogens with zero attached hydrogens (tertiary/aromatic N) is 3. The van der Waals surface area contributed by atoms with Gasteiger partial charge in [0, 0.05) is 17.8 Å². The summed E-state index contributed by atoms with van der Waals surface area (Å²) in [5.41, 5.74) is 0.956. The molecule has 1 aliphatic heterocycles. The third-order valence-corrected chi connectivity index (χ3v) is 4.85. The largest absolute Gasteiger partial charge is 0.476 e. The zero-order chi connectivity index (χ0) is 14.4. The summed E-state index contributed by atoms with van der Waals surface area (Å²) in [6, 6.07) is 0. The van der Waals surface area contributed by atoms with Crippen molar-refractivity contribution in [3.8, 4) is 5.88 Å². The second-order valence-corrected chi connectivity index (χ2v) is 6.63. The Hall–Kier alpha value is -0.390. The summed E-state index contributed by atoms with van der Waals surface area (Å²) in [5.74, 6) is 0.942. The number of alkyl halides is 1. The Kier molecular flexibility index (Phi) is 6.52. The van der Waals surface area contributed by atoms with E-state index in [1.54, 1.807) is 0 Å². The minimum Gasteiger partial charge on any atom is -0.476 e. The van der Waals surface area contributed by atoms with Gasteiger partial charge in [0.05, 0.1) is 18.3 Å². The maximum atomic E-state index is 6.47. The van der Waals surface area contributed by atoms with Crippen LogP contribution in [0.5, 0.6) is 5.88 Å². The summed E-state index contributed by atoms with van der Waals surface area (Å²) in [6.45, 7) is 4.93. The van der Waals surface area contributed by atoms with Gasteiger partial charge in [-0.2, -0.15) is 4.37 Å². The predicted molar refractivity (Wildman–Crippen MR) is 84.0 cm³/mol. The quantitative estimate of drug-likeness (QED) is 0.569. The average Bonchev–Trinajstić information content (AvgIpc) is 2.89. The van der Waals surface area contributed by atoms with Crippen molar-refractivity contribution < 1.29 is 4.74 Å². The molecule has 1 saturated heterocycles. The number of ether oxygens (including phenoxy) is 1. The lowest BCUT2D eigenvalue weighted by atomic mass is 9.95. The summed E-state index contributed by atoms with van der Waals surface area (Å²) in [7, 11) is 2.13. The van der Waals surface area contributed by atoms with Crippen LogP contribution in [0, 0.1) is 0 Å². The second-order valence-electron chi connectivity index (χ2n) is 5.54. The highest BCUT2D eigenvalue weighted by Crippen LogP contribution is 2.34. The Balaban J connectivity index is 1.90. The lowest BCUT2D eigenvalue weighted by Crippen LogP contribution is -2.37. The summed E-state index contributed by atoms with van der Waals surface area (Å²) in [6.07, 6.45) is 5.80. The molecule has 1 fully saturated rings. The zero-order valence-electron chi connectivity index (χ0n) is 12.3. The second kappa shape index (κ2) is 8.15. The van der Waals surface area contributed by atoms with E-state index in [0.29, 0.717) is 5.88 Å². The molecule has 0 saturated carbocycles. The van der Waals surface area contributed by atoms with E-state index < -0.39 is 0 Å². The average molecular weight is 318 g/mol. The first kappa shape index (κ1) is 16.0. The van der Waals surface area contributed by atoms with Crippen LogP contribution in [0.4, 0.5) is 0 Å². The van der Waals surface area contributed by atoms with Gasteiger partial charge in [0.2, 0.25) is 5.88 Å². The van der Waals surface area contributed by atoms with E-state index in [0.717, 1.165) is 38.2 Å². The molecule has 2 heterocycles. The van der Waals surface area contributed by atoms with Gasteiger partial charge in [-0.05, 0) is 26.4 Å². The van der Waals surface area contributed by atoms with Gasteiger partial charge in [0.1, 0.15) is 5.69 Å². The number of halogens is 1. The predicted octanol–water partition coefficient (Wildman–Crippen LogP) is 3.52. The summed E-state index contributed by atoms with van der Waals surface area (Å²) < 4.78 is 14.6. The lowest BCUT2D eigenvalue weighted by Gasteiger charge is -2.32. The third-order valence-electron chi connectivity index (χ3n) is 3.80. The molecule has 4 nitrogen and oxygen atoms in total. The van der Waals surface area contributed by atoms with Crippen molar-refractivity contribution in [3.05, 3.63) is 5.69 Å². The highest BCUT2D eigenvalue weighted by Gasteiger charge is 2.32. The van der Waals surface area contributed by atoms with Crippen LogP contribution in [0.25, 0.3) is 0 Å². The summed E-state index contributed by atoms with van der Waals surface area (Å²) in [4.78, 5) is 2.30. The molecule has 114 valence electrons. The number of rotatable bonds is 7. The molecular weight excluding hydrogens is 294 g/mol. The topological polar surface area (TPSA) is 38.3 Å². The van der Waals surface area contributed by atoms with Gasteiger partial charge < -0.3 is 9.64 Å². The molecule has 2 atom stereocenters. The fraction of sp³-hybridized carbons (Fsp3) is 0.857. The number of hydrogen-bond acceptors (Lipinski definition) is 5. The number of hydrogen-bond donors (Lipinski definition) is 0. The van der Waals surface area contributed by atoms with Gasteiger partial charge in [-0.3, -0.25) is 0 Å². The van der Waals surface area contributed by atoms with Crippen LogP contribution in [-0.2, 0) is 0 Å². The van der Waals surface area contributed by atoms with Crippen molar-refractivity contribution in [1.82, 2.24) is 13.6 Å². The Bertz CT molecular complexity index is 402. The number of likely N-dealkylation sites (N-methyl/N-ethyl adjacent to an activating group) is 1. The first-order valence-electron chi connectivity index (χ1n) is 7.50. The van der Waals surface area contributed by atoms with Crippen molar-refractivity contribution in [2.75, 3.05) is 26.7 Å². The van der Waals surface area contributed by atoms with Crippen LogP contribution in [-0.4, -0.2) is 45.8 Å². The smallest absolute Gasteiger partial charge is 0.249 e. The minimum atomic E-state index is 0.137. The monoisotopic (exact) mass is 317 g/mol. The molecule has 2 rings (SSSR count). The van der Waals surface area contributed by atoms with E-state index in [4.69, 9.17) is 16.3 Å². The molecule has 0 aliphatic carbocycles. The molecule has 1 aliphatic rings. The standard InChI is InChI=1S/C14H24ClN3OS/c1-3-4-5-6-9-19-14-13(16-20-17-14)11-10-18(2)8-7-12(11)15/h11-12H,3-10H2,1-2H3. The van der Waals surface area contributed by atoms with Crippen LogP contribution >= 0.6 is 23.3 Å². The highest BCUT2D eigenvalue weighted by atomic mass is 35.5. The van der Waals surface area contributed by atoms with E-state index in [9.17, 15) is 0 Å². The van der Waals surface area contributed by atoms with Gasteiger partial charge in [0.25, 0.3) is 0 Å². The first-order valence-corrected chi connectivity index (χ1v) is 8.67. The first-order chi connectivity index (χ1) is 9.72. The van der Waals surface area contributed by atoms with E-state index in [-0.39, 0.29) is 11.3 Å². The fourth-order valence-corrected chi connectivity index (χ4v) is 3.41. The molecule has 0 amide bonds. The molecule has 0 N–H and O–H groups in total. The molecule has 1 aromatic heterocycles. The molecule has 0 spiro atoms. The summed E-state index contributed by atoms with van der Waals surface area (Å²) >= 11 is 7.70. The van der Waals surface area contributed by atoms with Crippen molar-refractivity contribution in [1.29, 1.82) is 0 Å². The van der Waals surface area contributed by atoms with Crippen molar-refractivity contribution in [3.63, 3.8) is 0 Å². The maximum absolute atomic E-state index is 6.47. The Labute approximate surface area is 130 Å². The molecule has 1 aromatic rings. The third kappa shape index (κ3) is 4.30. The van der Waals surface area contributed by atoms with Crippen molar-refractivity contribution in [2.24, 2.45) is 0 Å². The highest BCUT2D eigenvalue weighted by molar-refractivity contribution is 6.99. The van der Waals surface area contributed by atoms with E-state index in [1.165, 1.54) is 31.0 Å². The molecule has 2 unspecified atom stereocenters. The molecule has 6 heteroatoms. The normalized spacial score (nSPS) is 23.9. The Morgan fingerprint density at radius 1 is 1.35 bits per heavy atom. The number of piperidine rings is 1. The van der Waals surface area contributed by atoms with Gasteiger partial charge in [0.15, 0.2) is 0 Å². The van der Waals surface area contributed by atoms with E-state index >= 15 is 0 Å². The lowest BCUT2D eigenvalue weighted by molar-refractivity contribution is 0.242. The van der Waals surface area contributed by atoms with Crippen LogP contribution in [0.1, 0.15) is 50.6 Å². The van der Waals surface area contributed by atoms with Gasteiger partial charge in [-0.1, -0.05) is 26.2 Å². The molecule has 0 bridgehead atoms. The SMILES string of the molecule is CCCCCCOc1nsnc1C1CN(C)CCC1Cl. The maximum Gasteiger partial charge on any atom is 0.249 e. The number of unbranched alkanes of at least 4 members (excludes halogenated alkanes) is 3. The summed E-state index contributed by atoms with van der Waals surface area (Å²) in [5, 5.41) is 0.137. The Morgan fingerprint density at radius 3 is 3.00 bits per heavy atom. The molecule has 0 aromatic carbocycles.